The van der Waals surface area contributed by atoms with Gasteiger partial charge >= 0.3 is 0 Å². The van der Waals surface area contributed by atoms with E-state index in [-0.39, 0.29) is 5.69 Å². The molecule has 0 radical (unpaired) electrons. The lowest BCUT2D eigenvalue weighted by atomic mass is 10.1. The molecule has 2 aromatic carbocycles. The van der Waals surface area contributed by atoms with E-state index in [2.05, 4.69) is 0 Å². The number of nitro groups is 1. The zero-order chi connectivity index (χ0) is 17.3. The predicted octanol–water partition coefficient (Wildman–Crippen LogP) is 3.14. The first kappa shape index (κ1) is 16.2. The van der Waals surface area contributed by atoms with Crippen LogP contribution in [0.15, 0.2) is 54.6 Å². The normalized spacial score (nSPS) is 11.7. The summed E-state index contributed by atoms with van der Waals surface area (Å²) in [6.07, 6.45) is 2.36. The predicted molar refractivity (Wildman–Crippen MR) is 92.7 cm³/mol. The van der Waals surface area contributed by atoms with Gasteiger partial charge in [-0.3, -0.25) is 10.1 Å². The maximum absolute atomic E-state index is 12.2. The zero-order valence-electron chi connectivity index (χ0n) is 13.0. The fourth-order valence-electron chi connectivity index (χ4n) is 2.83. The first-order valence-electron chi connectivity index (χ1n) is 7.39. The number of aromatic nitrogens is 1. The van der Waals surface area contributed by atoms with Crippen molar-refractivity contribution in [3.63, 3.8) is 0 Å². The van der Waals surface area contributed by atoms with Crippen molar-refractivity contribution >= 4 is 26.6 Å². The van der Waals surface area contributed by atoms with Crippen LogP contribution in [0, 0.1) is 10.1 Å². The van der Waals surface area contributed by atoms with Gasteiger partial charge in [0.2, 0.25) is 10.0 Å². The highest BCUT2D eigenvalue weighted by atomic mass is 32.2. The van der Waals surface area contributed by atoms with Crippen molar-refractivity contribution in [3.05, 3.63) is 76.0 Å². The van der Waals surface area contributed by atoms with Crippen LogP contribution in [-0.2, 0) is 22.9 Å². The first-order chi connectivity index (χ1) is 11.4. The monoisotopic (exact) mass is 344 g/mol. The maximum atomic E-state index is 12.2. The van der Waals surface area contributed by atoms with E-state index in [1.165, 1.54) is 22.2 Å². The second kappa shape index (κ2) is 6.09. The van der Waals surface area contributed by atoms with Gasteiger partial charge in [0.15, 0.2) is 0 Å². The largest absolute Gasteiger partial charge is 0.270 e. The fraction of sp³-hybridized carbons (Fsp3) is 0.176. The van der Waals surface area contributed by atoms with Crippen LogP contribution >= 0.6 is 0 Å². The minimum Gasteiger partial charge on any atom is -0.258 e. The van der Waals surface area contributed by atoms with E-state index in [0.717, 1.165) is 11.8 Å². The van der Waals surface area contributed by atoms with Crippen LogP contribution in [0.2, 0.25) is 0 Å². The summed E-state index contributed by atoms with van der Waals surface area (Å²) in [7, 11) is -3.51. The molecule has 0 saturated carbocycles. The maximum Gasteiger partial charge on any atom is 0.270 e. The summed E-state index contributed by atoms with van der Waals surface area (Å²) in [6.45, 7) is 0. The molecular formula is C17H16N2O4S. The van der Waals surface area contributed by atoms with Gasteiger partial charge in [-0.1, -0.05) is 30.3 Å². The van der Waals surface area contributed by atoms with E-state index in [0.29, 0.717) is 29.4 Å². The third-order valence-electron chi connectivity index (χ3n) is 3.87. The van der Waals surface area contributed by atoms with Crippen molar-refractivity contribution in [1.82, 2.24) is 3.97 Å². The van der Waals surface area contributed by atoms with Gasteiger partial charge < -0.3 is 0 Å². The summed E-state index contributed by atoms with van der Waals surface area (Å²) in [5.41, 5.74) is 2.14. The van der Waals surface area contributed by atoms with Gasteiger partial charge in [0.05, 0.1) is 16.7 Å². The zero-order valence-corrected chi connectivity index (χ0v) is 13.9. The van der Waals surface area contributed by atoms with Gasteiger partial charge in [-0.25, -0.2) is 12.4 Å². The highest BCUT2D eigenvalue weighted by Crippen LogP contribution is 2.26. The number of aryl methyl sites for hydroxylation is 2. The number of fused-ring (bicyclic) bond motifs is 1. The molecule has 0 amide bonds. The Bertz CT molecular complexity index is 1010. The molecule has 3 aromatic rings. The van der Waals surface area contributed by atoms with Crippen LogP contribution in [-0.4, -0.2) is 23.6 Å². The summed E-state index contributed by atoms with van der Waals surface area (Å²) < 4.78 is 25.6. The van der Waals surface area contributed by atoms with Crippen molar-refractivity contribution in [2.45, 2.75) is 12.8 Å². The lowest BCUT2D eigenvalue weighted by Gasteiger charge is -2.08. The second-order valence-electron chi connectivity index (χ2n) is 5.65. The third-order valence-corrected chi connectivity index (χ3v) is 4.96. The SMILES string of the molecule is CS(=O)(=O)n1c(CCc2ccccc2)cc2cc([N+](=O)[O-])ccc21. The molecule has 3 rings (SSSR count). The minimum absolute atomic E-state index is 0.0530. The van der Waals surface area contributed by atoms with E-state index in [1.54, 1.807) is 6.07 Å². The van der Waals surface area contributed by atoms with Crippen LogP contribution in [0.1, 0.15) is 11.3 Å². The standard InChI is InChI=1S/C17H16N2O4S/c1-24(22,23)18-15(8-7-13-5-3-2-4-6-13)11-14-12-16(19(20)21)9-10-17(14)18/h2-6,9-12H,7-8H2,1H3. The average molecular weight is 344 g/mol. The smallest absolute Gasteiger partial charge is 0.258 e. The van der Waals surface area contributed by atoms with Crippen molar-refractivity contribution in [2.75, 3.05) is 6.26 Å². The number of nitrogens with zero attached hydrogens (tertiary/aromatic N) is 2. The number of benzene rings is 2. The van der Waals surface area contributed by atoms with Crippen molar-refractivity contribution < 1.29 is 13.3 Å². The van der Waals surface area contributed by atoms with Crippen molar-refractivity contribution in [3.8, 4) is 0 Å². The Hall–Kier alpha value is -2.67. The van der Waals surface area contributed by atoms with E-state index in [1.807, 2.05) is 30.3 Å². The van der Waals surface area contributed by atoms with Gasteiger partial charge in [-0.2, -0.15) is 0 Å². The van der Waals surface area contributed by atoms with Gasteiger partial charge in [-0.15, -0.1) is 0 Å². The average Bonchev–Trinajstić information content (AvgIpc) is 2.91. The molecule has 0 spiro atoms. The molecule has 0 N–H and O–H groups in total. The molecule has 6 nitrogen and oxygen atoms in total. The highest BCUT2D eigenvalue weighted by Gasteiger charge is 2.18. The van der Waals surface area contributed by atoms with Crippen molar-refractivity contribution in [2.24, 2.45) is 0 Å². The Morgan fingerprint density at radius 1 is 1.04 bits per heavy atom. The molecule has 0 saturated heterocycles. The Kier molecular flexibility index (Phi) is 4.11. The van der Waals surface area contributed by atoms with E-state index in [4.69, 9.17) is 0 Å². The molecule has 0 bridgehead atoms. The number of hydrogen-bond acceptors (Lipinski definition) is 4. The lowest BCUT2D eigenvalue weighted by Crippen LogP contribution is -2.13. The number of nitro benzene ring substituents is 1. The van der Waals surface area contributed by atoms with Gasteiger partial charge in [0.25, 0.3) is 5.69 Å². The number of hydrogen-bond donors (Lipinski definition) is 0. The molecule has 1 heterocycles. The molecule has 0 atom stereocenters. The summed E-state index contributed by atoms with van der Waals surface area (Å²) in [5.74, 6) is 0. The van der Waals surface area contributed by atoms with Crippen LogP contribution in [0.3, 0.4) is 0 Å². The van der Waals surface area contributed by atoms with E-state index in [9.17, 15) is 18.5 Å². The Morgan fingerprint density at radius 2 is 1.75 bits per heavy atom. The minimum atomic E-state index is -3.51. The molecule has 24 heavy (non-hydrogen) atoms. The summed E-state index contributed by atoms with van der Waals surface area (Å²) >= 11 is 0. The summed E-state index contributed by atoms with van der Waals surface area (Å²) in [5, 5.41) is 11.5. The highest BCUT2D eigenvalue weighted by molar-refractivity contribution is 7.89. The van der Waals surface area contributed by atoms with Crippen molar-refractivity contribution in [1.29, 1.82) is 0 Å². The number of non-ortho nitro benzene ring substituents is 1. The number of rotatable bonds is 5. The Morgan fingerprint density at radius 3 is 2.38 bits per heavy atom. The Labute approximate surface area is 139 Å². The summed E-state index contributed by atoms with van der Waals surface area (Å²) in [4.78, 5) is 10.4. The Balaban J connectivity index is 2.07. The molecule has 7 heteroatoms. The first-order valence-corrected chi connectivity index (χ1v) is 9.24. The van der Waals surface area contributed by atoms with Crippen LogP contribution in [0.4, 0.5) is 5.69 Å². The van der Waals surface area contributed by atoms with Crippen LogP contribution < -0.4 is 0 Å². The molecular weight excluding hydrogens is 328 g/mol. The van der Waals surface area contributed by atoms with E-state index >= 15 is 0 Å². The molecule has 0 aliphatic heterocycles. The molecule has 0 aliphatic carbocycles. The molecule has 0 aliphatic rings. The lowest BCUT2D eigenvalue weighted by molar-refractivity contribution is -0.384. The van der Waals surface area contributed by atoms with Gasteiger partial charge in [0, 0.05) is 23.2 Å². The molecule has 124 valence electrons. The second-order valence-corrected chi connectivity index (χ2v) is 7.48. The fourth-order valence-corrected chi connectivity index (χ4v) is 3.92. The molecule has 0 unspecified atom stereocenters. The van der Waals surface area contributed by atoms with Gasteiger partial charge in [0.1, 0.15) is 0 Å². The molecule has 0 fully saturated rings. The van der Waals surface area contributed by atoms with Gasteiger partial charge in [-0.05, 0) is 30.5 Å². The van der Waals surface area contributed by atoms with Crippen LogP contribution in [0.25, 0.3) is 10.9 Å². The van der Waals surface area contributed by atoms with E-state index < -0.39 is 14.9 Å². The summed E-state index contributed by atoms with van der Waals surface area (Å²) in [6, 6.07) is 15.7. The topological polar surface area (TPSA) is 82.2 Å². The van der Waals surface area contributed by atoms with Crippen LogP contribution in [0.5, 0.6) is 0 Å². The quantitative estimate of drug-likeness (QED) is 0.526. The third kappa shape index (κ3) is 3.16. The molecule has 1 aromatic heterocycles.